The number of aromatic nitrogens is 2. The van der Waals surface area contributed by atoms with E-state index in [0.29, 0.717) is 5.39 Å². The first kappa shape index (κ1) is 12.8. The Bertz CT molecular complexity index is 673. The van der Waals surface area contributed by atoms with Crippen LogP contribution in [0.5, 0.6) is 0 Å². The molecule has 0 spiro atoms. The van der Waals surface area contributed by atoms with Crippen molar-refractivity contribution in [1.82, 2.24) is 9.55 Å². The molecule has 0 aliphatic heterocycles. The number of thiophene rings is 1. The summed E-state index contributed by atoms with van der Waals surface area (Å²) < 4.78 is 1.61. The van der Waals surface area contributed by atoms with Gasteiger partial charge in [0.2, 0.25) is 0 Å². The fourth-order valence-corrected chi connectivity index (χ4v) is 2.91. The fraction of sp³-hybridized carbons (Fsp3) is 0.429. The number of hydrogen-bond donors (Lipinski definition) is 0. The second-order valence-electron chi connectivity index (χ2n) is 4.51. The Kier molecular flexibility index (Phi) is 3.53. The van der Waals surface area contributed by atoms with Gasteiger partial charge in [0.05, 0.1) is 11.9 Å². The Morgan fingerprint density at radius 2 is 2.28 bits per heavy atom. The topological polar surface area (TPSA) is 34.9 Å². The zero-order valence-electron chi connectivity index (χ0n) is 10.9. The van der Waals surface area contributed by atoms with E-state index in [1.165, 1.54) is 4.88 Å². The SMILES string of the molecule is C#CCn1c(C(C)C)nc2sc(CC)cc2c1=O. The molecule has 0 saturated heterocycles. The third-order valence-corrected chi connectivity index (χ3v) is 4.02. The fourth-order valence-electron chi connectivity index (χ4n) is 1.94. The maximum Gasteiger partial charge on any atom is 0.263 e. The van der Waals surface area contributed by atoms with E-state index < -0.39 is 0 Å². The van der Waals surface area contributed by atoms with E-state index in [0.717, 1.165) is 17.1 Å². The molecule has 0 unspecified atom stereocenters. The molecule has 0 aliphatic carbocycles. The molecule has 94 valence electrons. The minimum Gasteiger partial charge on any atom is -0.284 e. The number of hydrogen-bond acceptors (Lipinski definition) is 3. The maximum atomic E-state index is 12.4. The van der Waals surface area contributed by atoms with Crippen LogP contribution in [0, 0.1) is 12.3 Å². The van der Waals surface area contributed by atoms with Crippen molar-refractivity contribution in [3.8, 4) is 12.3 Å². The molecule has 0 aromatic carbocycles. The van der Waals surface area contributed by atoms with Crippen molar-refractivity contribution < 1.29 is 0 Å². The van der Waals surface area contributed by atoms with Crippen molar-refractivity contribution in [2.75, 3.05) is 0 Å². The molecule has 3 nitrogen and oxygen atoms in total. The second-order valence-corrected chi connectivity index (χ2v) is 5.62. The highest BCUT2D eigenvalue weighted by Gasteiger charge is 2.15. The third-order valence-electron chi connectivity index (χ3n) is 2.85. The van der Waals surface area contributed by atoms with E-state index in [1.54, 1.807) is 15.9 Å². The van der Waals surface area contributed by atoms with Gasteiger partial charge in [-0.05, 0) is 12.5 Å². The Balaban J connectivity index is 2.79. The van der Waals surface area contributed by atoms with Gasteiger partial charge in [-0.25, -0.2) is 4.98 Å². The van der Waals surface area contributed by atoms with Crippen LogP contribution in [-0.2, 0) is 13.0 Å². The normalized spacial score (nSPS) is 11.1. The first-order chi connectivity index (χ1) is 8.58. The number of nitrogens with zero attached hydrogens (tertiary/aromatic N) is 2. The van der Waals surface area contributed by atoms with Gasteiger partial charge in [0.25, 0.3) is 5.56 Å². The van der Waals surface area contributed by atoms with Crippen LogP contribution >= 0.6 is 11.3 Å². The first-order valence-corrected chi connectivity index (χ1v) is 6.86. The largest absolute Gasteiger partial charge is 0.284 e. The molecule has 0 N–H and O–H groups in total. The Labute approximate surface area is 110 Å². The maximum absolute atomic E-state index is 12.4. The summed E-state index contributed by atoms with van der Waals surface area (Å²) in [6, 6.07) is 1.94. The molecule has 0 saturated carbocycles. The van der Waals surface area contributed by atoms with Crippen molar-refractivity contribution in [3.05, 3.63) is 27.1 Å². The van der Waals surface area contributed by atoms with E-state index in [4.69, 9.17) is 6.42 Å². The molecule has 0 atom stereocenters. The summed E-state index contributed by atoms with van der Waals surface area (Å²) in [6.45, 7) is 6.41. The van der Waals surface area contributed by atoms with Gasteiger partial charge in [-0.1, -0.05) is 26.7 Å². The molecule has 2 heterocycles. The standard InChI is InChI=1S/C14H16N2OS/c1-5-7-16-12(9(3)4)15-13-11(14(16)17)8-10(6-2)18-13/h1,8-9H,6-7H2,2-4H3. The van der Waals surface area contributed by atoms with Crippen LogP contribution in [0.25, 0.3) is 10.2 Å². The van der Waals surface area contributed by atoms with Crippen molar-refractivity contribution >= 4 is 21.6 Å². The summed E-state index contributed by atoms with van der Waals surface area (Å²) in [5, 5.41) is 0.691. The number of rotatable bonds is 3. The smallest absolute Gasteiger partial charge is 0.263 e. The van der Waals surface area contributed by atoms with Gasteiger partial charge in [0.15, 0.2) is 0 Å². The average Bonchev–Trinajstić information content (AvgIpc) is 2.75. The van der Waals surface area contributed by atoms with Crippen molar-refractivity contribution in [1.29, 1.82) is 0 Å². The van der Waals surface area contributed by atoms with Crippen LogP contribution in [0.1, 0.15) is 37.4 Å². The van der Waals surface area contributed by atoms with Crippen molar-refractivity contribution in [2.45, 2.75) is 39.7 Å². The minimum absolute atomic E-state index is 0.0161. The lowest BCUT2D eigenvalue weighted by atomic mass is 10.2. The molecule has 2 aromatic rings. The predicted octanol–water partition coefficient (Wildman–Crippen LogP) is 2.78. The summed E-state index contributed by atoms with van der Waals surface area (Å²) in [4.78, 5) is 19.0. The first-order valence-electron chi connectivity index (χ1n) is 6.05. The Morgan fingerprint density at radius 1 is 1.56 bits per heavy atom. The highest BCUT2D eigenvalue weighted by Crippen LogP contribution is 2.23. The summed E-state index contributed by atoms with van der Waals surface area (Å²) in [5.41, 5.74) is -0.0161. The zero-order chi connectivity index (χ0) is 13.3. The minimum atomic E-state index is -0.0161. The molecule has 0 amide bonds. The van der Waals surface area contributed by atoms with Gasteiger partial charge in [0, 0.05) is 10.8 Å². The molecule has 4 heteroatoms. The van der Waals surface area contributed by atoms with E-state index in [-0.39, 0.29) is 18.0 Å². The van der Waals surface area contributed by atoms with Gasteiger partial charge in [0.1, 0.15) is 10.7 Å². The van der Waals surface area contributed by atoms with Gasteiger partial charge in [-0.2, -0.15) is 0 Å². The van der Waals surface area contributed by atoms with Gasteiger partial charge < -0.3 is 0 Å². The van der Waals surface area contributed by atoms with Crippen LogP contribution in [0.2, 0.25) is 0 Å². The lowest BCUT2D eigenvalue weighted by molar-refractivity contribution is 0.651. The molecule has 2 rings (SSSR count). The van der Waals surface area contributed by atoms with Crippen LogP contribution in [0.4, 0.5) is 0 Å². The highest BCUT2D eigenvalue weighted by atomic mass is 32.1. The monoisotopic (exact) mass is 260 g/mol. The second kappa shape index (κ2) is 4.95. The lowest BCUT2D eigenvalue weighted by Crippen LogP contribution is -2.25. The van der Waals surface area contributed by atoms with Crippen LogP contribution in [-0.4, -0.2) is 9.55 Å². The molecule has 0 bridgehead atoms. The highest BCUT2D eigenvalue weighted by molar-refractivity contribution is 7.18. The van der Waals surface area contributed by atoms with Gasteiger partial charge in [-0.15, -0.1) is 17.8 Å². The zero-order valence-corrected chi connectivity index (χ0v) is 11.7. The Morgan fingerprint density at radius 3 is 2.83 bits per heavy atom. The van der Waals surface area contributed by atoms with E-state index in [2.05, 4.69) is 17.8 Å². The molecule has 0 fully saturated rings. The van der Waals surface area contributed by atoms with Gasteiger partial charge in [-0.3, -0.25) is 9.36 Å². The van der Waals surface area contributed by atoms with Crippen LogP contribution < -0.4 is 5.56 Å². The van der Waals surface area contributed by atoms with Gasteiger partial charge >= 0.3 is 0 Å². The molecule has 2 aromatic heterocycles. The third kappa shape index (κ3) is 2.06. The van der Waals surface area contributed by atoms with Crippen molar-refractivity contribution in [3.63, 3.8) is 0 Å². The average molecular weight is 260 g/mol. The van der Waals surface area contributed by atoms with Crippen LogP contribution in [0.3, 0.4) is 0 Å². The van der Waals surface area contributed by atoms with E-state index in [9.17, 15) is 4.79 Å². The molecule has 0 radical (unpaired) electrons. The number of terminal acetylenes is 1. The predicted molar refractivity (Wildman–Crippen MR) is 76.2 cm³/mol. The molecular formula is C14H16N2OS. The summed E-state index contributed by atoms with van der Waals surface area (Å²) >= 11 is 1.59. The van der Waals surface area contributed by atoms with Crippen molar-refractivity contribution in [2.24, 2.45) is 0 Å². The summed E-state index contributed by atoms with van der Waals surface area (Å²) in [7, 11) is 0. The lowest BCUT2D eigenvalue weighted by Gasteiger charge is -2.12. The van der Waals surface area contributed by atoms with E-state index >= 15 is 0 Å². The quantitative estimate of drug-likeness (QED) is 0.795. The molecule has 18 heavy (non-hydrogen) atoms. The summed E-state index contributed by atoms with van der Waals surface area (Å²) in [5.74, 6) is 3.49. The number of aryl methyl sites for hydroxylation is 1. The van der Waals surface area contributed by atoms with E-state index in [1.807, 2.05) is 19.9 Å². The molecular weight excluding hydrogens is 244 g/mol. The van der Waals surface area contributed by atoms with Crippen LogP contribution in [0.15, 0.2) is 10.9 Å². The Hall–Kier alpha value is -1.60. The number of fused-ring (bicyclic) bond motifs is 1. The summed E-state index contributed by atoms with van der Waals surface area (Å²) in [6.07, 6.45) is 6.26. The molecule has 0 aliphatic rings.